The van der Waals surface area contributed by atoms with Crippen LogP contribution in [0.15, 0.2) is 212 Å². The van der Waals surface area contributed by atoms with Gasteiger partial charge in [-0.15, -0.1) is 0 Å². The van der Waals surface area contributed by atoms with Gasteiger partial charge >= 0.3 is 0 Å². The molecule has 0 aliphatic heterocycles. The van der Waals surface area contributed by atoms with E-state index in [1.54, 1.807) is 0 Å². The van der Waals surface area contributed by atoms with E-state index in [4.69, 9.17) is 0 Å². The highest BCUT2D eigenvalue weighted by Crippen LogP contribution is 2.47. The second-order valence-corrected chi connectivity index (χ2v) is 14.4. The zero-order valence-corrected chi connectivity index (χ0v) is 30.0. The molecule has 0 heteroatoms. The van der Waals surface area contributed by atoms with E-state index in [9.17, 15) is 0 Å². The van der Waals surface area contributed by atoms with Crippen LogP contribution in [0.4, 0.5) is 0 Å². The molecule has 0 aromatic heterocycles. The van der Waals surface area contributed by atoms with E-state index in [0.717, 1.165) is 6.42 Å². The highest BCUT2D eigenvalue weighted by atomic mass is 14.2. The van der Waals surface area contributed by atoms with Gasteiger partial charge in [0.15, 0.2) is 0 Å². The zero-order chi connectivity index (χ0) is 35.8. The molecule has 0 N–H and O–H groups in total. The largest absolute Gasteiger partial charge is 0.0761 e. The van der Waals surface area contributed by atoms with Crippen molar-refractivity contribution in [2.75, 3.05) is 0 Å². The lowest BCUT2D eigenvalue weighted by Gasteiger charge is -2.22. The first kappa shape index (κ1) is 31.9. The second kappa shape index (κ2) is 13.7. The monoisotopic (exact) mass is 686 g/mol. The predicted octanol–water partition coefficient (Wildman–Crippen LogP) is 14.9. The number of hydrogen-bond donors (Lipinski definition) is 0. The van der Waals surface area contributed by atoms with Crippen molar-refractivity contribution in [2.24, 2.45) is 0 Å². The van der Waals surface area contributed by atoms with Crippen LogP contribution in [0.2, 0.25) is 0 Å². The Morgan fingerprint density at radius 1 is 0.352 bits per heavy atom. The number of benzene rings is 9. The van der Waals surface area contributed by atoms with Gasteiger partial charge in [-0.05, 0) is 112 Å². The summed E-state index contributed by atoms with van der Waals surface area (Å²) < 4.78 is 0. The number of rotatable bonds is 6. The molecule has 1 aliphatic carbocycles. The third-order valence-electron chi connectivity index (χ3n) is 11.2. The summed E-state index contributed by atoms with van der Waals surface area (Å²) in [6, 6.07) is 71.3. The molecule has 0 heterocycles. The molecule has 254 valence electrons. The number of fused-ring (bicyclic) bond motifs is 3. The summed E-state index contributed by atoms with van der Waals surface area (Å²) in [4.78, 5) is 0. The normalized spacial score (nSPS) is 14.1. The quantitative estimate of drug-likeness (QED) is 0.153. The highest BCUT2D eigenvalue weighted by Gasteiger charge is 2.21. The van der Waals surface area contributed by atoms with Crippen LogP contribution in [0.5, 0.6) is 0 Å². The first-order valence-electron chi connectivity index (χ1n) is 19.0. The van der Waals surface area contributed by atoms with Crippen molar-refractivity contribution < 1.29 is 0 Å². The van der Waals surface area contributed by atoms with Crippen LogP contribution in [0.1, 0.15) is 23.5 Å². The minimum Gasteiger partial charge on any atom is -0.0761 e. The molecule has 0 amide bonds. The Kier molecular flexibility index (Phi) is 8.08. The molecule has 0 nitrogen and oxygen atoms in total. The topological polar surface area (TPSA) is 0 Å². The van der Waals surface area contributed by atoms with Crippen molar-refractivity contribution in [3.63, 3.8) is 0 Å². The Balaban J connectivity index is 1.20. The average molecular weight is 687 g/mol. The van der Waals surface area contributed by atoms with Crippen LogP contribution < -0.4 is 0 Å². The zero-order valence-electron chi connectivity index (χ0n) is 30.0. The van der Waals surface area contributed by atoms with E-state index >= 15 is 0 Å². The lowest BCUT2D eigenvalue weighted by molar-refractivity contribution is 0.858. The lowest BCUT2D eigenvalue weighted by Crippen LogP contribution is -2.00. The van der Waals surface area contributed by atoms with Gasteiger partial charge in [0.05, 0.1) is 0 Å². The molecule has 9 aromatic carbocycles. The highest BCUT2D eigenvalue weighted by molar-refractivity contribution is 6.24. The molecule has 0 fully saturated rings. The van der Waals surface area contributed by atoms with Gasteiger partial charge in [0.25, 0.3) is 0 Å². The molecule has 1 unspecified atom stereocenters. The average Bonchev–Trinajstić information content (AvgIpc) is 3.26. The van der Waals surface area contributed by atoms with Crippen molar-refractivity contribution in [1.82, 2.24) is 0 Å². The maximum atomic E-state index is 2.49. The van der Waals surface area contributed by atoms with Crippen molar-refractivity contribution in [2.45, 2.75) is 12.3 Å². The second-order valence-electron chi connectivity index (χ2n) is 14.4. The Morgan fingerprint density at radius 3 is 1.63 bits per heavy atom. The van der Waals surface area contributed by atoms with Crippen molar-refractivity contribution in [3.8, 4) is 44.5 Å². The maximum Gasteiger partial charge on any atom is 0.00563 e. The minimum absolute atomic E-state index is 0.305. The van der Waals surface area contributed by atoms with E-state index < -0.39 is 0 Å². The molecule has 1 aliphatic rings. The van der Waals surface area contributed by atoms with Gasteiger partial charge in [0, 0.05) is 5.92 Å². The Hall–Kier alpha value is -6.76. The number of allylic oxidation sites excluding steroid dienone is 4. The predicted molar refractivity (Wildman–Crippen MR) is 232 cm³/mol. The first-order valence-corrected chi connectivity index (χ1v) is 19.0. The fourth-order valence-electron chi connectivity index (χ4n) is 8.50. The summed E-state index contributed by atoms with van der Waals surface area (Å²) in [5.41, 5.74) is 13.9. The van der Waals surface area contributed by atoms with Gasteiger partial charge in [0.1, 0.15) is 0 Å². The van der Waals surface area contributed by atoms with E-state index in [0.29, 0.717) is 5.92 Å². The summed E-state index contributed by atoms with van der Waals surface area (Å²) in [6.45, 7) is 0. The summed E-state index contributed by atoms with van der Waals surface area (Å²) in [5.74, 6) is 0.305. The van der Waals surface area contributed by atoms with Crippen LogP contribution in [-0.2, 0) is 0 Å². The third-order valence-corrected chi connectivity index (χ3v) is 11.2. The van der Waals surface area contributed by atoms with E-state index in [1.165, 1.54) is 93.5 Å². The molecule has 1 atom stereocenters. The molecular weight excluding hydrogens is 649 g/mol. The molecule has 10 rings (SSSR count). The molecule has 0 radical (unpaired) electrons. The summed E-state index contributed by atoms with van der Waals surface area (Å²) in [6.07, 6.45) is 8.08. The van der Waals surface area contributed by atoms with E-state index in [1.807, 2.05) is 0 Å². The van der Waals surface area contributed by atoms with Crippen LogP contribution in [0.3, 0.4) is 0 Å². The molecule has 0 saturated heterocycles. The van der Waals surface area contributed by atoms with Crippen molar-refractivity contribution >= 4 is 37.9 Å². The third kappa shape index (κ3) is 5.74. The van der Waals surface area contributed by atoms with Gasteiger partial charge < -0.3 is 0 Å². The standard InChI is InChI=1S/C54H38/c1-4-13-37(14-5-1)39-23-27-41(28-24-39)45-32-34-50-51(35-45)53(44-18-8-3-9-19-44)49-33-31-46(42-29-25-40(26-30-42)38-15-6-2-7-16-38)36-52(49)54(50)48-22-12-20-43-17-10-11-21-47(43)48/h1-29,31-36,42H,30H2. The summed E-state index contributed by atoms with van der Waals surface area (Å²) in [5, 5.41) is 7.63. The number of hydrogen-bond acceptors (Lipinski definition) is 0. The van der Waals surface area contributed by atoms with Gasteiger partial charge in [-0.25, -0.2) is 0 Å². The van der Waals surface area contributed by atoms with Crippen LogP contribution in [0.25, 0.3) is 82.4 Å². The fraction of sp³-hybridized carbons (Fsp3) is 0.0370. The molecule has 9 aromatic rings. The summed E-state index contributed by atoms with van der Waals surface area (Å²) in [7, 11) is 0. The molecule has 0 spiro atoms. The molecular formula is C54H38. The first-order chi connectivity index (χ1) is 26.8. The van der Waals surface area contributed by atoms with Gasteiger partial charge in [-0.2, -0.15) is 0 Å². The van der Waals surface area contributed by atoms with Crippen molar-refractivity contribution in [3.05, 3.63) is 223 Å². The Labute approximate surface area is 317 Å². The smallest absolute Gasteiger partial charge is 0.00563 e. The SMILES string of the molecule is C1=CC(c2ccc3c(-c4ccccc4)c4cc(-c5ccc(-c6ccccc6)cc5)ccc4c(-c4cccc5ccccc45)c3c2)CC=C1c1ccccc1. The fourth-order valence-corrected chi connectivity index (χ4v) is 8.50. The van der Waals surface area contributed by atoms with Gasteiger partial charge in [0.2, 0.25) is 0 Å². The minimum atomic E-state index is 0.305. The Morgan fingerprint density at radius 2 is 0.907 bits per heavy atom. The van der Waals surface area contributed by atoms with Crippen LogP contribution >= 0.6 is 0 Å². The van der Waals surface area contributed by atoms with Crippen molar-refractivity contribution in [1.29, 1.82) is 0 Å². The van der Waals surface area contributed by atoms with Crippen LogP contribution in [0, 0.1) is 0 Å². The summed E-state index contributed by atoms with van der Waals surface area (Å²) >= 11 is 0. The lowest BCUT2D eigenvalue weighted by atomic mass is 9.81. The molecule has 0 bridgehead atoms. The van der Waals surface area contributed by atoms with E-state index in [2.05, 4.69) is 212 Å². The maximum absolute atomic E-state index is 2.49. The van der Waals surface area contributed by atoms with Gasteiger partial charge in [-0.3, -0.25) is 0 Å². The van der Waals surface area contributed by atoms with Gasteiger partial charge in [-0.1, -0.05) is 200 Å². The molecule has 0 saturated carbocycles. The molecule has 54 heavy (non-hydrogen) atoms. The van der Waals surface area contributed by atoms with E-state index in [-0.39, 0.29) is 0 Å². The Bertz CT molecular complexity index is 2850. The van der Waals surface area contributed by atoms with Crippen LogP contribution in [-0.4, -0.2) is 0 Å².